The van der Waals surface area contributed by atoms with Gasteiger partial charge in [-0.25, -0.2) is 0 Å². The van der Waals surface area contributed by atoms with Gasteiger partial charge in [0.05, 0.1) is 18.1 Å². The van der Waals surface area contributed by atoms with Crippen LogP contribution in [0.4, 0.5) is 0 Å². The van der Waals surface area contributed by atoms with Crippen molar-refractivity contribution in [2.24, 2.45) is 5.92 Å². The zero-order valence-corrected chi connectivity index (χ0v) is 19.5. The largest absolute Gasteiger partial charge is 0.493 e. The molecule has 2 atom stereocenters. The third kappa shape index (κ3) is 5.81. The van der Waals surface area contributed by atoms with Crippen LogP contribution >= 0.6 is 0 Å². The van der Waals surface area contributed by atoms with Crippen LogP contribution in [0, 0.1) is 5.92 Å². The molecule has 2 aliphatic heterocycles. The molecule has 0 bridgehead atoms. The van der Waals surface area contributed by atoms with Gasteiger partial charge in [0.15, 0.2) is 0 Å². The van der Waals surface area contributed by atoms with Crippen molar-refractivity contribution < 1.29 is 24.5 Å². The predicted octanol–water partition coefficient (Wildman–Crippen LogP) is 3.25. The lowest BCUT2D eigenvalue weighted by Gasteiger charge is -2.44. The highest BCUT2D eigenvalue weighted by Gasteiger charge is 2.41. The summed E-state index contributed by atoms with van der Waals surface area (Å²) in [5, 5.41) is 20.2. The number of benzene rings is 1. The number of carboxylic acids is 1. The summed E-state index contributed by atoms with van der Waals surface area (Å²) in [6, 6.07) is 7.73. The van der Waals surface area contributed by atoms with Gasteiger partial charge in [-0.2, -0.15) is 0 Å². The molecule has 2 fully saturated rings. The van der Waals surface area contributed by atoms with E-state index in [9.17, 15) is 14.7 Å². The minimum absolute atomic E-state index is 0.0461. The molecule has 3 rings (SSSR count). The van der Waals surface area contributed by atoms with E-state index in [-0.39, 0.29) is 24.9 Å². The molecule has 7 nitrogen and oxygen atoms in total. The molecule has 1 aromatic carbocycles. The lowest BCUT2D eigenvalue weighted by molar-refractivity contribution is -0.144. The average Bonchev–Trinajstić information content (AvgIpc) is 2.78. The van der Waals surface area contributed by atoms with Gasteiger partial charge in [-0.05, 0) is 58.2 Å². The Morgan fingerprint density at radius 3 is 2.59 bits per heavy atom. The molecule has 1 amide bonds. The van der Waals surface area contributed by atoms with E-state index in [1.54, 1.807) is 0 Å². The Bertz CT molecular complexity index is 775. The van der Waals surface area contributed by atoms with Gasteiger partial charge in [0.2, 0.25) is 5.91 Å². The number of carboxylic acid groups (broad SMARTS) is 1. The van der Waals surface area contributed by atoms with E-state index in [0.29, 0.717) is 44.1 Å². The number of amides is 1. The van der Waals surface area contributed by atoms with Gasteiger partial charge in [0.1, 0.15) is 5.75 Å². The maximum absolute atomic E-state index is 13.4. The van der Waals surface area contributed by atoms with Crippen LogP contribution in [0.15, 0.2) is 24.3 Å². The van der Waals surface area contributed by atoms with Crippen molar-refractivity contribution in [2.45, 2.75) is 69.9 Å². The van der Waals surface area contributed by atoms with E-state index in [1.807, 2.05) is 29.2 Å². The molecule has 0 aromatic heterocycles. The molecule has 2 unspecified atom stereocenters. The molecule has 32 heavy (non-hydrogen) atoms. The first kappa shape index (κ1) is 24.5. The molecule has 0 radical (unpaired) electrons. The van der Waals surface area contributed by atoms with Gasteiger partial charge in [-0.3, -0.25) is 9.59 Å². The van der Waals surface area contributed by atoms with E-state index in [4.69, 9.17) is 9.84 Å². The van der Waals surface area contributed by atoms with Gasteiger partial charge in [0, 0.05) is 31.1 Å². The van der Waals surface area contributed by atoms with Crippen molar-refractivity contribution >= 4 is 11.9 Å². The fourth-order valence-corrected chi connectivity index (χ4v) is 5.21. The van der Waals surface area contributed by atoms with Crippen molar-refractivity contribution in [3.8, 4) is 5.75 Å². The van der Waals surface area contributed by atoms with E-state index in [1.165, 1.54) is 0 Å². The average molecular weight is 447 g/mol. The Kier molecular flexibility index (Phi) is 8.54. The van der Waals surface area contributed by atoms with Crippen molar-refractivity contribution in [1.82, 2.24) is 9.80 Å². The third-order valence-electron chi connectivity index (χ3n) is 7.04. The molecule has 2 heterocycles. The van der Waals surface area contributed by atoms with Gasteiger partial charge < -0.3 is 24.7 Å². The number of para-hydroxylation sites is 1. The minimum Gasteiger partial charge on any atom is -0.493 e. The van der Waals surface area contributed by atoms with Gasteiger partial charge in [-0.15, -0.1) is 0 Å². The molecule has 178 valence electrons. The summed E-state index contributed by atoms with van der Waals surface area (Å²) in [7, 11) is 2.13. The first-order valence-electron chi connectivity index (χ1n) is 12.0. The first-order valence-corrected chi connectivity index (χ1v) is 12.0. The predicted molar refractivity (Wildman–Crippen MR) is 123 cm³/mol. The lowest BCUT2D eigenvalue weighted by atomic mass is 9.82. The lowest BCUT2D eigenvalue weighted by Crippen LogP contribution is -2.53. The van der Waals surface area contributed by atoms with Crippen LogP contribution in [0.3, 0.4) is 0 Å². The van der Waals surface area contributed by atoms with E-state index >= 15 is 0 Å². The Hall–Kier alpha value is -2.12. The maximum atomic E-state index is 13.4. The number of carbonyl (C=O) groups is 2. The van der Waals surface area contributed by atoms with E-state index < -0.39 is 11.6 Å². The minimum atomic E-state index is -1.05. The number of nitrogens with zero attached hydrogens (tertiary/aromatic N) is 2. The molecule has 7 heteroatoms. The third-order valence-corrected chi connectivity index (χ3v) is 7.04. The monoisotopic (exact) mass is 446 g/mol. The van der Waals surface area contributed by atoms with E-state index in [0.717, 1.165) is 37.8 Å². The quantitative estimate of drug-likeness (QED) is 0.566. The second-order valence-electron chi connectivity index (χ2n) is 9.28. The standard InChI is InChI=1S/C25H38N2O5/c1-3-8-21-19(9-6-15-26(21)2)24(30)27-16-13-25(31,14-17-27)20-10-4-5-11-22(20)32-18-7-12-23(28)29/h4-5,10-11,19,21,31H,3,6-9,12-18H2,1-2H3,(H,28,29). The highest BCUT2D eigenvalue weighted by Crippen LogP contribution is 2.39. The topological polar surface area (TPSA) is 90.3 Å². The van der Waals surface area contributed by atoms with Gasteiger partial charge in [-0.1, -0.05) is 31.5 Å². The molecular formula is C25H38N2O5. The molecule has 0 saturated carbocycles. The highest BCUT2D eigenvalue weighted by atomic mass is 16.5. The fraction of sp³-hybridized carbons (Fsp3) is 0.680. The number of hydrogen-bond donors (Lipinski definition) is 2. The number of aliphatic hydroxyl groups is 1. The Morgan fingerprint density at radius 2 is 1.91 bits per heavy atom. The zero-order chi connectivity index (χ0) is 23.1. The van der Waals surface area contributed by atoms with Crippen molar-refractivity contribution in [3.63, 3.8) is 0 Å². The fourth-order valence-electron chi connectivity index (χ4n) is 5.21. The number of likely N-dealkylation sites (tertiary alicyclic amines) is 2. The first-order chi connectivity index (χ1) is 15.4. The van der Waals surface area contributed by atoms with Crippen molar-refractivity contribution in [2.75, 3.05) is 33.3 Å². The van der Waals surface area contributed by atoms with Crippen LogP contribution in [0.1, 0.15) is 63.9 Å². The summed E-state index contributed by atoms with van der Waals surface area (Å²) < 4.78 is 5.82. The maximum Gasteiger partial charge on any atom is 0.303 e. The van der Waals surface area contributed by atoms with Crippen LogP contribution in [0.2, 0.25) is 0 Å². The van der Waals surface area contributed by atoms with Gasteiger partial charge in [0.25, 0.3) is 0 Å². The second-order valence-corrected chi connectivity index (χ2v) is 9.28. The number of hydrogen-bond acceptors (Lipinski definition) is 5. The number of carbonyl (C=O) groups excluding carboxylic acids is 1. The number of aliphatic carboxylic acids is 1. The molecular weight excluding hydrogens is 408 g/mol. The van der Waals surface area contributed by atoms with Crippen LogP contribution in [0.25, 0.3) is 0 Å². The number of rotatable bonds is 9. The summed E-state index contributed by atoms with van der Waals surface area (Å²) >= 11 is 0. The summed E-state index contributed by atoms with van der Waals surface area (Å²) in [4.78, 5) is 28.4. The highest BCUT2D eigenvalue weighted by molar-refractivity contribution is 5.80. The van der Waals surface area contributed by atoms with Gasteiger partial charge >= 0.3 is 5.97 Å². The molecule has 1 aromatic rings. The number of piperidine rings is 2. The van der Waals surface area contributed by atoms with Crippen molar-refractivity contribution in [1.29, 1.82) is 0 Å². The summed E-state index contributed by atoms with van der Waals surface area (Å²) in [6.45, 7) is 4.57. The summed E-state index contributed by atoms with van der Waals surface area (Å²) in [5.74, 6) is 0.0278. The summed E-state index contributed by atoms with van der Waals surface area (Å²) in [5.41, 5.74) is -0.324. The Balaban J connectivity index is 1.63. The zero-order valence-electron chi connectivity index (χ0n) is 19.5. The SMILES string of the molecule is CCCC1C(C(=O)N2CCC(O)(c3ccccc3OCCCC(=O)O)CC2)CCCN1C. The molecule has 2 aliphatic rings. The molecule has 2 N–H and O–H groups in total. The molecule has 0 aliphatic carbocycles. The van der Waals surface area contributed by atoms with Crippen LogP contribution < -0.4 is 4.74 Å². The normalized spacial score (nSPS) is 23.7. The van der Waals surface area contributed by atoms with Crippen LogP contribution in [-0.4, -0.2) is 71.2 Å². The molecule has 2 saturated heterocycles. The Morgan fingerprint density at radius 1 is 1.19 bits per heavy atom. The van der Waals surface area contributed by atoms with Crippen LogP contribution in [-0.2, 0) is 15.2 Å². The van der Waals surface area contributed by atoms with Crippen molar-refractivity contribution in [3.05, 3.63) is 29.8 Å². The molecule has 0 spiro atoms. The summed E-state index contributed by atoms with van der Waals surface area (Å²) in [6.07, 6.45) is 5.51. The number of ether oxygens (including phenoxy) is 1. The van der Waals surface area contributed by atoms with Crippen LogP contribution in [0.5, 0.6) is 5.75 Å². The second kappa shape index (κ2) is 11.1. The van der Waals surface area contributed by atoms with E-state index in [2.05, 4.69) is 18.9 Å². The Labute approximate surface area is 191 Å². The smallest absolute Gasteiger partial charge is 0.303 e.